The molecule has 28 heavy (non-hydrogen) atoms. The molecule has 0 spiro atoms. The molecule has 0 amide bonds. The highest BCUT2D eigenvalue weighted by molar-refractivity contribution is 7.89. The molecular weight excluding hydrogens is 380 g/mol. The van der Waals surface area contributed by atoms with Gasteiger partial charge in [0.1, 0.15) is 5.75 Å². The number of benzene rings is 1. The molecule has 2 heterocycles. The van der Waals surface area contributed by atoms with Gasteiger partial charge in [0, 0.05) is 25.5 Å². The maximum absolute atomic E-state index is 12.8. The van der Waals surface area contributed by atoms with Crippen molar-refractivity contribution in [3.63, 3.8) is 0 Å². The number of pyridine rings is 1. The minimum Gasteiger partial charge on any atom is -0.491 e. The predicted molar refractivity (Wildman–Crippen MR) is 106 cm³/mol. The number of piperidine rings is 1. The van der Waals surface area contributed by atoms with Crippen LogP contribution in [0.5, 0.6) is 5.75 Å². The Hall–Kier alpha value is -2.45. The smallest absolute Gasteiger partial charge is 0.290 e. The molecule has 7 nitrogen and oxygen atoms in total. The number of aromatic nitrogens is 1. The van der Waals surface area contributed by atoms with E-state index < -0.39 is 10.0 Å². The van der Waals surface area contributed by atoms with Gasteiger partial charge in [-0.3, -0.25) is 9.78 Å². The maximum atomic E-state index is 12.8. The summed E-state index contributed by atoms with van der Waals surface area (Å²) in [6.45, 7) is 4.72. The van der Waals surface area contributed by atoms with Crippen molar-refractivity contribution in [2.75, 3.05) is 13.1 Å². The van der Waals surface area contributed by atoms with Crippen LogP contribution in [0.1, 0.15) is 38.2 Å². The van der Waals surface area contributed by atoms with Crippen molar-refractivity contribution >= 4 is 16.5 Å². The Morgan fingerprint density at radius 3 is 2.14 bits per heavy atom. The first-order valence-corrected chi connectivity index (χ1v) is 10.6. The van der Waals surface area contributed by atoms with Crippen molar-refractivity contribution in [1.82, 2.24) is 9.29 Å². The van der Waals surface area contributed by atoms with Gasteiger partial charge in [0.25, 0.3) is 6.47 Å². The van der Waals surface area contributed by atoms with Gasteiger partial charge in [-0.05, 0) is 74.6 Å². The van der Waals surface area contributed by atoms with Crippen LogP contribution in [0, 0.1) is 0 Å². The number of hydrogen-bond donors (Lipinski definition) is 1. The maximum Gasteiger partial charge on any atom is 0.290 e. The quantitative estimate of drug-likeness (QED) is 0.766. The molecule has 1 aliphatic rings. The van der Waals surface area contributed by atoms with Crippen LogP contribution in [0.2, 0.25) is 0 Å². The molecular formula is C20H26N2O5S. The first kappa shape index (κ1) is 21.8. The molecule has 0 bridgehead atoms. The molecule has 8 heteroatoms. The second kappa shape index (κ2) is 10.2. The Morgan fingerprint density at radius 2 is 1.64 bits per heavy atom. The Morgan fingerprint density at radius 1 is 1.11 bits per heavy atom. The van der Waals surface area contributed by atoms with Crippen molar-refractivity contribution in [3.05, 3.63) is 54.4 Å². The minimum absolute atomic E-state index is 0.0645. The lowest BCUT2D eigenvalue weighted by Crippen LogP contribution is -2.37. The largest absolute Gasteiger partial charge is 0.491 e. The topological polar surface area (TPSA) is 96.8 Å². The van der Waals surface area contributed by atoms with Crippen LogP contribution in [-0.2, 0) is 14.8 Å². The summed E-state index contributed by atoms with van der Waals surface area (Å²) in [7, 11) is -3.45. The predicted octanol–water partition coefficient (Wildman–Crippen LogP) is 3.14. The van der Waals surface area contributed by atoms with E-state index in [1.54, 1.807) is 41.0 Å². The highest BCUT2D eigenvalue weighted by Gasteiger charge is 2.29. The van der Waals surface area contributed by atoms with Crippen LogP contribution in [0.4, 0.5) is 0 Å². The monoisotopic (exact) mass is 406 g/mol. The van der Waals surface area contributed by atoms with Gasteiger partial charge >= 0.3 is 0 Å². The van der Waals surface area contributed by atoms with Crippen LogP contribution in [-0.4, -0.2) is 48.5 Å². The SMILES string of the molecule is CC(C)Oc1ccc(S(=O)(=O)N2CCC(c3ccncc3)CC2)cc1.O=CO. The third-order valence-electron chi connectivity index (χ3n) is 4.46. The zero-order valence-electron chi connectivity index (χ0n) is 16.1. The third kappa shape index (κ3) is 5.77. The van der Waals surface area contributed by atoms with E-state index in [0.29, 0.717) is 29.7 Å². The van der Waals surface area contributed by atoms with Crippen LogP contribution >= 0.6 is 0 Å². The second-order valence-corrected chi connectivity index (χ2v) is 8.64. The molecule has 3 rings (SSSR count). The second-order valence-electron chi connectivity index (χ2n) is 6.70. The molecule has 0 aliphatic carbocycles. The summed E-state index contributed by atoms with van der Waals surface area (Å²) in [4.78, 5) is 12.7. The molecule has 0 radical (unpaired) electrons. The van der Waals surface area contributed by atoms with Crippen LogP contribution < -0.4 is 4.74 Å². The number of ether oxygens (including phenoxy) is 1. The van der Waals surface area contributed by atoms with Gasteiger partial charge in [-0.15, -0.1) is 0 Å². The number of sulfonamides is 1. The van der Waals surface area contributed by atoms with E-state index >= 15 is 0 Å². The zero-order valence-corrected chi connectivity index (χ0v) is 16.9. The summed E-state index contributed by atoms with van der Waals surface area (Å²) < 4.78 is 32.8. The van der Waals surface area contributed by atoms with E-state index in [4.69, 9.17) is 14.6 Å². The van der Waals surface area contributed by atoms with Crippen molar-refractivity contribution in [2.24, 2.45) is 0 Å². The van der Waals surface area contributed by atoms with Gasteiger partial charge in [0.2, 0.25) is 10.0 Å². The van der Waals surface area contributed by atoms with Crippen molar-refractivity contribution < 1.29 is 23.1 Å². The number of carboxylic acid groups (broad SMARTS) is 1. The molecule has 1 aromatic carbocycles. The fraction of sp³-hybridized carbons (Fsp3) is 0.400. The molecule has 1 aromatic heterocycles. The Kier molecular flexibility index (Phi) is 7.95. The third-order valence-corrected chi connectivity index (χ3v) is 6.38. The number of nitrogens with zero attached hydrogens (tertiary/aromatic N) is 2. The lowest BCUT2D eigenvalue weighted by atomic mass is 9.91. The van der Waals surface area contributed by atoms with E-state index in [-0.39, 0.29) is 12.6 Å². The van der Waals surface area contributed by atoms with Crippen LogP contribution in [0.25, 0.3) is 0 Å². The highest BCUT2D eigenvalue weighted by Crippen LogP contribution is 2.30. The Labute approximate surface area is 166 Å². The number of carbonyl (C=O) groups is 1. The molecule has 1 saturated heterocycles. The average molecular weight is 407 g/mol. The lowest BCUT2D eigenvalue weighted by molar-refractivity contribution is -0.122. The summed E-state index contributed by atoms with van der Waals surface area (Å²) in [5, 5.41) is 6.89. The molecule has 152 valence electrons. The molecule has 0 saturated carbocycles. The van der Waals surface area contributed by atoms with Gasteiger partial charge in [0.15, 0.2) is 0 Å². The first-order valence-electron chi connectivity index (χ1n) is 9.13. The first-order chi connectivity index (χ1) is 13.4. The van der Waals surface area contributed by atoms with E-state index in [0.717, 1.165) is 12.8 Å². The minimum atomic E-state index is -3.45. The van der Waals surface area contributed by atoms with Gasteiger partial charge in [-0.25, -0.2) is 8.42 Å². The highest BCUT2D eigenvalue weighted by atomic mass is 32.2. The van der Waals surface area contributed by atoms with Crippen molar-refractivity contribution in [3.8, 4) is 5.75 Å². The van der Waals surface area contributed by atoms with Gasteiger partial charge in [0.05, 0.1) is 11.0 Å². The zero-order chi connectivity index (χ0) is 20.6. The van der Waals surface area contributed by atoms with E-state index in [1.807, 2.05) is 26.0 Å². The molecule has 1 fully saturated rings. The normalized spacial score (nSPS) is 15.5. The average Bonchev–Trinajstić information content (AvgIpc) is 2.69. The van der Waals surface area contributed by atoms with E-state index in [1.165, 1.54) is 5.56 Å². The summed E-state index contributed by atoms with van der Waals surface area (Å²) in [5.74, 6) is 1.08. The Balaban J connectivity index is 0.000000878. The van der Waals surface area contributed by atoms with Gasteiger partial charge < -0.3 is 9.84 Å². The molecule has 1 N–H and O–H groups in total. The fourth-order valence-corrected chi connectivity index (χ4v) is 4.65. The number of rotatable bonds is 5. The van der Waals surface area contributed by atoms with Crippen LogP contribution in [0.3, 0.4) is 0 Å². The summed E-state index contributed by atoms with van der Waals surface area (Å²) in [6.07, 6.45) is 5.31. The van der Waals surface area contributed by atoms with Crippen molar-refractivity contribution in [1.29, 1.82) is 0 Å². The molecule has 0 atom stereocenters. The van der Waals surface area contributed by atoms with E-state index in [2.05, 4.69) is 4.98 Å². The summed E-state index contributed by atoms with van der Waals surface area (Å²) >= 11 is 0. The van der Waals surface area contributed by atoms with Crippen molar-refractivity contribution in [2.45, 2.75) is 43.6 Å². The summed E-state index contributed by atoms with van der Waals surface area (Å²) in [5.41, 5.74) is 1.24. The standard InChI is InChI=1S/C19H24N2O3S.CH2O2/c1-15(2)24-18-3-5-19(6-4-18)25(22,23)21-13-9-17(10-14-21)16-7-11-20-12-8-16;2-1-3/h3-8,11-12,15,17H,9-10,13-14H2,1-2H3;1H,(H,2,3). The number of hydrogen-bond acceptors (Lipinski definition) is 5. The van der Waals surface area contributed by atoms with E-state index in [9.17, 15) is 8.42 Å². The summed E-state index contributed by atoms with van der Waals surface area (Å²) in [6, 6.07) is 10.7. The van der Waals surface area contributed by atoms with Gasteiger partial charge in [-0.1, -0.05) is 0 Å². The molecule has 0 unspecified atom stereocenters. The lowest BCUT2D eigenvalue weighted by Gasteiger charge is -2.31. The van der Waals surface area contributed by atoms with Crippen LogP contribution in [0.15, 0.2) is 53.7 Å². The Bertz CT molecular complexity index is 831. The van der Waals surface area contributed by atoms with Gasteiger partial charge in [-0.2, -0.15) is 4.31 Å². The molecule has 2 aromatic rings. The molecule has 1 aliphatic heterocycles. The fourth-order valence-electron chi connectivity index (χ4n) is 3.18.